The van der Waals surface area contributed by atoms with Crippen LogP contribution in [0.1, 0.15) is 44.1 Å². The summed E-state index contributed by atoms with van der Waals surface area (Å²) < 4.78 is 0. The molecule has 1 saturated carbocycles. The predicted molar refractivity (Wildman–Crippen MR) is 77.0 cm³/mol. The molecule has 2 N–H and O–H groups in total. The van der Waals surface area contributed by atoms with E-state index >= 15 is 0 Å². The lowest BCUT2D eigenvalue weighted by Crippen LogP contribution is -2.41. The van der Waals surface area contributed by atoms with Crippen LogP contribution in [0.5, 0.6) is 0 Å². The molecule has 0 bridgehead atoms. The molecule has 0 radical (unpaired) electrons. The smallest absolute Gasteiger partial charge is 0.0398 e. The van der Waals surface area contributed by atoms with Gasteiger partial charge in [-0.3, -0.25) is 0 Å². The molecule has 1 aromatic rings. The van der Waals surface area contributed by atoms with Gasteiger partial charge in [-0.1, -0.05) is 31.0 Å². The lowest BCUT2D eigenvalue weighted by molar-refractivity contribution is 0.404. The fourth-order valence-corrected chi connectivity index (χ4v) is 3.53. The summed E-state index contributed by atoms with van der Waals surface area (Å²) in [6.45, 7) is 2.33. The second kappa shape index (κ2) is 4.93. The second-order valence-corrected chi connectivity index (χ2v) is 6.04. The van der Waals surface area contributed by atoms with Crippen LogP contribution in [0.3, 0.4) is 0 Å². The van der Waals surface area contributed by atoms with Crippen LogP contribution in [0.25, 0.3) is 0 Å². The van der Waals surface area contributed by atoms with Crippen molar-refractivity contribution in [3.05, 3.63) is 29.8 Å². The Kier molecular flexibility index (Phi) is 3.29. The fourth-order valence-electron chi connectivity index (χ4n) is 3.53. The van der Waals surface area contributed by atoms with E-state index in [0.717, 1.165) is 13.0 Å². The monoisotopic (exact) mass is 244 g/mol. The van der Waals surface area contributed by atoms with E-state index in [1.54, 1.807) is 0 Å². The van der Waals surface area contributed by atoms with Gasteiger partial charge < -0.3 is 10.6 Å². The van der Waals surface area contributed by atoms with Crippen LogP contribution in [0.4, 0.5) is 5.69 Å². The molecule has 1 heterocycles. The maximum atomic E-state index is 6.47. The molecule has 1 aromatic carbocycles. The molecule has 0 saturated heterocycles. The van der Waals surface area contributed by atoms with Crippen molar-refractivity contribution in [2.45, 2.75) is 50.5 Å². The highest BCUT2D eigenvalue weighted by molar-refractivity contribution is 5.55. The minimum absolute atomic E-state index is 0.131. The fraction of sp³-hybridized carbons (Fsp3) is 0.625. The minimum Gasteiger partial charge on any atom is -0.371 e. The number of hydrogen-bond acceptors (Lipinski definition) is 2. The van der Waals surface area contributed by atoms with Crippen molar-refractivity contribution in [3.8, 4) is 0 Å². The lowest BCUT2D eigenvalue weighted by Gasteiger charge is -2.34. The second-order valence-electron chi connectivity index (χ2n) is 6.04. The summed E-state index contributed by atoms with van der Waals surface area (Å²) in [5, 5.41) is 0. The molecular formula is C16H24N2. The summed E-state index contributed by atoms with van der Waals surface area (Å²) >= 11 is 0. The Morgan fingerprint density at radius 1 is 1.11 bits per heavy atom. The van der Waals surface area contributed by atoms with E-state index in [-0.39, 0.29) is 5.54 Å². The highest BCUT2D eigenvalue weighted by Crippen LogP contribution is 2.32. The van der Waals surface area contributed by atoms with Crippen molar-refractivity contribution >= 4 is 5.69 Å². The van der Waals surface area contributed by atoms with Gasteiger partial charge in [0.1, 0.15) is 0 Å². The number of anilines is 1. The van der Waals surface area contributed by atoms with Gasteiger partial charge in [0.05, 0.1) is 0 Å². The van der Waals surface area contributed by atoms with Crippen molar-refractivity contribution < 1.29 is 0 Å². The average molecular weight is 244 g/mol. The van der Waals surface area contributed by atoms with Gasteiger partial charge >= 0.3 is 0 Å². The molecular weight excluding hydrogens is 220 g/mol. The number of aryl methyl sites for hydroxylation is 1. The third kappa shape index (κ3) is 2.39. The van der Waals surface area contributed by atoms with E-state index in [9.17, 15) is 0 Å². The van der Waals surface area contributed by atoms with Crippen molar-refractivity contribution in [2.75, 3.05) is 18.0 Å². The molecule has 1 fully saturated rings. The molecule has 0 aromatic heterocycles. The number of nitrogens with zero attached hydrogens (tertiary/aromatic N) is 1. The predicted octanol–water partition coefficient (Wildman–Crippen LogP) is 3.10. The van der Waals surface area contributed by atoms with E-state index in [0.29, 0.717) is 0 Å². The van der Waals surface area contributed by atoms with Crippen molar-refractivity contribution in [1.82, 2.24) is 0 Å². The Morgan fingerprint density at radius 3 is 2.72 bits per heavy atom. The SMILES string of the molecule is NC1(CCN2CCCc3ccccc32)CCCC1. The van der Waals surface area contributed by atoms with E-state index in [2.05, 4.69) is 29.2 Å². The van der Waals surface area contributed by atoms with Crippen LogP contribution in [-0.4, -0.2) is 18.6 Å². The summed E-state index contributed by atoms with van der Waals surface area (Å²) in [6, 6.07) is 8.86. The van der Waals surface area contributed by atoms with Gasteiger partial charge in [0.25, 0.3) is 0 Å². The van der Waals surface area contributed by atoms with Gasteiger partial charge in [0, 0.05) is 24.3 Å². The molecule has 18 heavy (non-hydrogen) atoms. The van der Waals surface area contributed by atoms with Gasteiger partial charge in [0.2, 0.25) is 0 Å². The third-order valence-corrected chi connectivity index (χ3v) is 4.69. The molecule has 2 aliphatic rings. The van der Waals surface area contributed by atoms with Crippen LogP contribution in [0.15, 0.2) is 24.3 Å². The molecule has 1 aliphatic carbocycles. The summed E-state index contributed by atoms with van der Waals surface area (Å²) in [7, 11) is 0. The number of para-hydroxylation sites is 1. The number of rotatable bonds is 3. The lowest BCUT2D eigenvalue weighted by atomic mass is 9.93. The van der Waals surface area contributed by atoms with Crippen LogP contribution in [-0.2, 0) is 6.42 Å². The Morgan fingerprint density at radius 2 is 1.89 bits per heavy atom. The van der Waals surface area contributed by atoms with Gasteiger partial charge in [-0.15, -0.1) is 0 Å². The summed E-state index contributed by atoms with van der Waals surface area (Å²) in [4.78, 5) is 2.55. The number of fused-ring (bicyclic) bond motifs is 1. The number of hydrogen-bond donors (Lipinski definition) is 1. The Labute approximate surface area is 110 Å². The molecule has 0 unspecified atom stereocenters. The van der Waals surface area contributed by atoms with Crippen LogP contribution >= 0.6 is 0 Å². The van der Waals surface area contributed by atoms with E-state index in [1.165, 1.54) is 56.3 Å². The van der Waals surface area contributed by atoms with Crippen LogP contribution in [0, 0.1) is 0 Å². The summed E-state index contributed by atoms with van der Waals surface area (Å²) in [6.07, 6.45) is 8.78. The van der Waals surface area contributed by atoms with Crippen molar-refractivity contribution in [2.24, 2.45) is 5.73 Å². The standard InChI is InChI=1S/C16H24N2/c17-16(9-3-4-10-16)11-13-18-12-5-7-14-6-1-2-8-15(14)18/h1-2,6,8H,3-5,7,9-13,17H2. The molecule has 1 aliphatic heterocycles. The van der Waals surface area contributed by atoms with Crippen LogP contribution in [0.2, 0.25) is 0 Å². The first kappa shape index (κ1) is 12.0. The third-order valence-electron chi connectivity index (χ3n) is 4.69. The zero-order valence-electron chi connectivity index (χ0n) is 11.2. The first-order valence-electron chi connectivity index (χ1n) is 7.39. The molecule has 3 rings (SSSR count). The topological polar surface area (TPSA) is 29.3 Å². The zero-order valence-corrected chi connectivity index (χ0v) is 11.2. The Hall–Kier alpha value is -1.02. The molecule has 0 atom stereocenters. The van der Waals surface area contributed by atoms with Gasteiger partial charge in [-0.2, -0.15) is 0 Å². The highest BCUT2D eigenvalue weighted by Gasteiger charge is 2.30. The van der Waals surface area contributed by atoms with E-state index in [1.807, 2.05) is 0 Å². The Bertz CT molecular complexity index is 407. The van der Waals surface area contributed by atoms with E-state index in [4.69, 9.17) is 5.73 Å². The van der Waals surface area contributed by atoms with Gasteiger partial charge in [-0.05, 0) is 43.7 Å². The van der Waals surface area contributed by atoms with E-state index < -0.39 is 0 Å². The van der Waals surface area contributed by atoms with Crippen molar-refractivity contribution in [1.29, 1.82) is 0 Å². The first-order valence-corrected chi connectivity index (χ1v) is 7.39. The maximum Gasteiger partial charge on any atom is 0.0398 e. The first-order chi connectivity index (χ1) is 8.77. The zero-order chi connectivity index (χ0) is 12.4. The molecule has 2 heteroatoms. The molecule has 0 spiro atoms. The van der Waals surface area contributed by atoms with Crippen molar-refractivity contribution in [3.63, 3.8) is 0 Å². The average Bonchev–Trinajstić information content (AvgIpc) is 2.84. The molecule has 2 nitrogen and oxygen atoms in total. The number of benzene rings is 1. The molecule has 98 valence electrons. The molecule has 0 amide bonds. The summed E-state index contributed by atoms with van der Waals surface area (Å²) in [5.41, 5.74) is 9.57. The van der Waals surface area contributed by atoms with Gasteiger partial charge in [0.15, 0.2) is 0 Å². The van der Waals surface area contributed by atoms with Crippen LogP contribution < -0.4 is 10.6 Å². The van der Waals surface area contributed by atoms with Gasteiger partial charge in [-0.25, -0.2) is 0 Å². The quantitative estimate of drug-likeness (QED) is 0.885. The largest absolute Gasteiger partial charge is 0.371 e. The Balaban J connectivity index is 1.67. The number of nitrogens with two attached hydrogens (primary N) is 1. The highest BCUT2D eigenvalue weighted by atomic mass is 15.1. The summed E-state index contributed by atoms with van der Waals surface area (Å²) in [5.74, 6) is 0. The maximum absolute atomic E-state index is 6.47. The normalized spacial score (nSPS) is 21.9. The minimum atomic E-state index is 0.131.